The third-order valence-corrected chi connectivity index (χ3v) is 8.68. The summed E-state index contributed by atoms with van der Waals surface area (Å²) < 4.78 is 4.39. The monoisotopic (exact) mass is 507 g/mol. The van der Waals surface area contributed by atoms with Crippen molar-refractivity contribution < 1.29 is 9.59 Å². The summed E-state index contributed by atoms with van der Waals surface area (Å²) in [5.41, 5.74) is 5.71. The van der Waals surface area contributed by atoms with Gasteiger partial charge in [0.25, 0.3) is 5.91 Å². The van der Waals surface area contributed by atoms with Crippen LogP contribution >= 0.6 is 22.9 Å². The number of hydrogen-bond acceptors (Lipinski definition) is 7. The number of hydrogen-bond donors (Lipinski definition) is 1. The zero-order chi connectivity index (χ0) is 24.7. The summed E-state index contributed by atoms with van der Waals surface area (Å²) >= 11 is 3.01. The minimum Gasteiger partial charge on any atom is -0.332 e. The third-order valence-electron chi connectivity index (χ3n) is 6.74. The molecule has 2 aliphatic rings. The highest BCUT2D eigenvalue weighted by Crippen LogP contribution is 2.35. The molecule has 1 fully saturated rings. The Morgan fingerprint density at radius 1 is 1.20 bits per heavy atom. The van der Waals surface area contributed by atoms with E-state index in [-0.39, 0.29) is 29.7 Å². The van der Waals surface area contributed by atoms with Crippen molar-refractivity contribution in [2.45, 2.75) is 58.5 Å². The number of amidine groups is 1. The van der Waals surface area contributed by atoms with Gasteiger partial charge in [-0.3, -0.25) is 14.6 Å². The van der Waals surface area contributed by atoms with Gasteiger partial charge in [0.15, 0.2) is 6.04 Å². The van der Waals surface area contributed by atoms with Gasteiger partial charge in [-0.1, -0.05) is 38.1 Å². The normalized spacial score (nSPS) is 20.9. The summed E-state index contributed by atoms with van der Waals surface area (Å²) in [6, 6.07) is 9.18. The highest BCUT2D eigenvalue weighted by molar-refractivity contribution is 7.13. The summed E-state index contributed by atoms with van der Waals surface area (Å²) in [5.74, 6) is 0.474. The van der Waals surface area contributed by atoms with Crippen LogP contribution in [0.5, 0.6) is 0 Å². The standard InChI is InChI=1S/C26H29N5O2S2/c1-14(2)21(20-12-15(3)30-35-20)26(33)31-11-5-6-19(31)24-28-22(25(32)29-24)17-7-9-18(10-8-17)23-16(4)27-13-34-23/h7-10,12-14,19,21-22H,5-6,11H2,1-4H3,(H,28,29,32). The molecule has 2 aromatic heterocycles. The Hall–Kier alpha value is -2.91. The van der Waals surface area contributed by atoms with Crippen molar-refractivity contribution in [3.05, 3.63) is 57.7 Å². The fraction of sp³-hybridized carbons (Fsp3) is 0.423. The average molecular weight is 508 g/mol. The number of rotatable bonds is 6. The highest BCUT2D eigenvalue weighted by atomic mass is 32.1. The highest BCUT2D eigenvalue weighted by Gasteiger charge is 2.41. The maximum atomic E-state index is 13.7. The molecule has 0 saturated carbocycles. The van der Waals surface area contributed by atoms with E-state index in [0.29, 0.717) is 12.4 Å². The van der Waals surface area contributed by atoms with Crippen LogP contribution in [0.1, 0.15) is 60.5 Å². The van der Waals surface area contributed by atoms with E-state index < -0.39 is 6.04 Å². The largest absolute Gasteiger partial charge is 0.332 e. The number of aryl methyl sites for hydroxylation is 2. The van der Waals surface area contributed by atoms with Crippen LogP contribution in [0.3, 0.4) is 0 Å². The molecular weight excluding hydrogens is 478 g/mol. The van der Waals surface area contributed by atoms with Crippen molar-refractivity contribution in [2.24, 2.45) is 10.9 Å². The quantitative estimate of drug-likeness (QED) is 0.515. The molecule has 2 amide bonds. The molecule has 7 nitrogen and oxygen atoms in total. The molecule has 35 heavy (non-hydrogen) atoms. The van der Waals surface area contributed by atoms with E-state index in [1.165, 1.54) is 11.5 Å². The zero-order valence-corrected chi connectivity index (χ0v) is 21.9. The van der Waals surface area contributed by atoms with Crippen LogP contribution in [-0.4, -0.2) is 44.5 Å². The third kappa shape index (κ3) is 4.54. The number of aliphatic imine (C=N–C) groups is 1. The summed E-state index contributed by atoms with van der Waals surface area (Å²) in [5, 5.41) is 2.99. The number of amides is 2. The van der Waals surface area contributed by atoms with Crippen molar-refractivity contribution in [2.75, 3.05) is 6.54 Å². The van der Waals surface area contributed by atoms with Gasteiger partial charge in [0.05, 0.1) is 33.7 Å². The molecule has 0 radical (unpaired) electrons. The van der Waals surface area contributed by atoms with Gasteiger partial charge in [0.1, 0.15) is 5.84 Å². The first-order valence-electron chi connectivity index (χ1n) is 12.0. The van der Waals surface area contributed by atoms with Gasteiger partial charge in [-0.25, -0.2) is 4.98 Å². The van der Waals surface area contributed by atoms with Crippen LogP contribution in [0.15, 0.2) is 40.8 Å². The van der Waals surface area contributed by atoms with E-state index in [0.717, 1.165) is 45.1 Å². The van der Waals surface area contributed by atoms with Gasteiger partial charge < -0.3 is 10.2 Å². The molecule has 4 heterocycles. The maximum Gasteiger partial charge on any atom is 0.254 e. The second-order valence-corrected chi connectivity index (χ2v) is 11.3. The number of nitrogens with one attached hydrogen (secondary N) is 1. The van der Waals surface area contributed by atoms with E-state index in [1.54, 1.807) is 11.3 Å². The molecule has 5 rings (SSSR count). The number of nitrogens with zero attached hydrogens (tertiary/aromatic N) is 4. The molecule has 2 aliphatic heterocycles. The molecule has 9 heteroatoms. The van der Waals surface area contributed by atoms with Crippen LogP contribution in [-0.2, 0) is 9.59 Å². The molecular formula is C26H29N5O2S2. The Kier molecular flexibility index (Phi) is 6.55. The van der Waals surface area contributed by atoms with Crippen molar-refractivity contribution in [1.29, 1.82) is 0 Å². The van der Waals surface area contributed by atoms with E-state index in [4.69, 9.17) is 4.99 Å². The lowest BCUT2D eigenvalue weighted by Gasteiger charge is -2.30. The summed E-state index contributed by atoms with van der Waals surface area (Å²) in [6.07, 6.45) is 1.69. The lowest BCUT2D eigenvalue weighted by Crippen LogP contribution is -2.47. The SMILES string of the molecule is Cc1cc(C(C(=O)N2CCCC2C2=NC(c3ccc(-c4scnc4C)cc3)C(=O)N2)C(C)C)sn1. The predicted molar refractivity (Wildman–Crippen MR) is 140 cm³/mol. The first kappa shape index (κ1) is 23.8. The van der Waals surface area contributed by atoms with Gasteiger partial charge in [0.2, 0.25) is 5.91 Å². The molecule has 3 unspecified atom stereocenters. The van der Waals surface area contributed by atoms with Crippen LogP contribution in [0.4, 0.5) is 0 Å². The lowest BCUT2D eigenvalue weighted by atomic mass is 9.92. The Morgan fingerprint density at radius 3 is 2.60 bits per heavy atom. The fourth-order valence-corrected chi connectivity index (χ4v) is 6.80. The van der Waals surface area contributed by atoms with Crippen molar-refractivity contribution in [3.63, 3.8) is 0 Å². The van der Waals surface area contributed by atoms with Crippen LogP contribution < -0.4 is 5.32 Å². The Bertz CT molecular complexity index is 1280. The zero-order valence-electron chi connectivity index (χ0n) is 20.3. The number of thiazole rings is 1. The topological polar surface area (TPSA) is 87.5 Å². The number of aromatic nitrogens is 2. The Labute approximate surface area is 213 Å². The molecule has 0 spiro atoms. The molecule has 182 valence electrons. The van der Waals surface area contributed by atoms with Gasteiger partial charge >= 0.3 is 0 Å². The Morgan fingerprint density at radius 2 is 1.97 bits per heavy atom. The van der Waals surface area contributed by atoms with Gasteiger partial charge in [-0.05, 0) is 61.3 Å². The van der Waals surface area contributed by atoms with Crippen molar-refractivity contribution >= 4 is 40.5 Å². The Balaban J connectivity index is 1.37. The van der Waals surface area contributed by atoms with Crippen LogP contribution in [0.2, 0.25) is 0 Å². The van der Waals surface area contributed by atoms with E-state index in [1.807, 2.05) is 54.6 Å². The molecule has 0 aliphatic carbocycles. The minimum atomic E-state index is -0.593. The van der Waals surface area contributed by atoms with Gasteiger partial charge in [-0.15, -0.1) is 11.3 Å². The van der Waals surface area contributed by atoms with Crippen molar-refractivity contribution in [1.82, 2.24) is 19.6 Å². The number of likely N-dealkylation sites (tertiary alicyclic amines) is 1. The summed E-state index contributed by atoms with van der Waals surface area (Å²) in [4.78, 5) is 39.8. The number of carbonyl (C=O) groups excluding carboxylic acids is 2. The summed E-state index contributed by atoms with van der Waals surface area (Å²) in [6.45, 7) is 8.77. The average Bonchev–Trinajstić information content (AvgIpc) is 3.61. The van der Waals surface area contributed by atoms with E-state index >= 15 is 0 Å². The second-order valence-electron chi connectivity index (χ2n) is 9.58. The first-order valence-corrected chi connectivity index (χ1v) is 13.6. The number of carbonyl (C=O) groups is 2. The molecule has 1 N–H and O–H groups in total. The van der Waals surface area contributed by atoms with Crippen LogP contribution in [0, 0.1) is 19.8 Å². The predicted octanol–water partition coefficient (Wildman–Crippen LogP) is 4.88. The fourth-order valence-electron chi connectivity index (χ4n) is 4.97. The van der Waals surface area contributed by atoms with E-state index in [9.17, 15) is 9.59 Å². The van der Waals surface area contributed by atoms with Gasteiger partial charge in [-0.2, -0.15) is 4.37 Å². The van der Waals surface area contributed by atoms with Crippen molar-refractivity contribution in [3.8, 4) is 10.4 Å². The minimum absolute atomic E-state index is 0.0934. The number of benzene rings is 1. The van der Waals surface area contributed by atoms with Crippen LogP contribution in [0.25, 0.3) is 10.4 Å². The van der Waals surface area contributed by atoms with E-state index in [2.05, 4.69) is 28.5 Å². The maximum absolute atomic E-state index is 13.7. The lowest BCUT2D eigenvalue weighted by molar-refractivity contribution is -0.133. The molecule has 0 bridgehead atoms. The molecule has 1 aromatic carbocycles. The molecule has 1 saturated heterocycles. The summed E-state index contributed by atoms with van der Waals surface area (Å²) in [7, 11) is 0. The second kappa shape index (κ2) is 9.62. The smallest absolute Gasteiger partial charge is 0.254 e. The molecule has 3 aromatic rings. The van der Waals surface area contributed by atoms with Gasteiger partial charge in [0, 0.05) is 11.4 Å². The first-order chi connectivity index (χ1) is 16.8. The molecule has 3 atom stereocenters.